The third-order valence-corrected chi connectivity index (χ3v) is 4.17. The van der Waals surface area contributed by atoms with Crippen LogP contribution in [0.4, 0.5) is 4.79 Å². The van der Waals surface area contributed by atoms with Gasteiger partial charge in [0.05, 0.1) is 0 Å². The molecule has 1 aromatic heterocycles. The van der Waals surface area contributed by atoms with Crippen LogP contribution in [-0.2, 0) is 16.0 Å². The molecule has 2 aromatic rings. The van der Waals surface area contributed by atoms with E-state index in [0.29, 0.717) is 24.0 Å². The summed E-state index contributed by atoms with van der Waals surface area (Å²) in [5.41, 5.74) is 0.683. The maximum atomic E-state index is 12.5. The Morgan fingerprint density at radius 1 is 1.21 bits per heavy atom. The smallest absolute Gasteiger partial charge is 0.408 e. The van der Waals surface area contributed by atoms with Gasteiger partial charge in [0.2, 0.25) is 0 Å². The fraction of sp³-hybridized carbons (Fsp3) is 0.476. The number of alkyl carbamates (subject to hydrolysis) is 1. The number of nitrogens with one attached hydrogen (secondary N) is 1. The van der Waals surface area contributed by atoms with Crippen LogP contribution in [0.1, 0.15) is 52.2 Å². The molecule has 7 heteroatoms. The molecule has 1 atom stereocenters. The Morgan fingerprint density at radius 3 is 2.46 bits per heavy atom. The number of aryl methyl sites for hydroxylation is 2. The second-order valence-corrected chi connectivity index (χ2v) is 7.54. The first kappa shape index (κ1) is 21.5. The van der Waals surface area contributed by atoms with Crippen molar-refractivity contribution >= 4 is 23.0 Å². The van der Waals surface area contributed by atoms with E-state index in [-0.39, 0.29) is 5.75 Å². The standard InChI is InChI=1S/C21H27NO6/c1-7-13-11-17(23)27-18-12(3)16(10-9-14(13)18)26-19(24)15(8-2)22-20(25)28-21(4,5)6/h9-11,15H,7-8H2,1-6H3,(H,22,25)/t15-/m1/s1. The molecule has 0 saturated heterocycles. The molecule has 0 saturated carbocycles. The van der Waals surface area contributed by atoms with E-state index in [4.69, 9.17) is 13.9 Å². The first-order chi connectivity index (χ1) is 13.1. The largest absolute Gasteiger partial charge is 0.444 e. The van der Waals surface area contributed by atoms with Gasteiger partial charge in [-0.05, 0) is 58.2 Å². The Labute approximate surface area is 164 Å². The third-order valence-electron chi connectivity index (χ3n) is 4.17. The zero-order valence-electron chi connectivity index (χ0n) is 17.2. The van der Waals surface area contributed by atoms with Crippen molar-refractivity contribution in [2.45, 2.75) is 66.0 Å². The van der Waals surface area contributed by atoms with Gasteiger partial charge in [-0.1, -0.05) is 13.8 Å². The fourth-order valence-electron chi connectivity index (χ4n) is 2.77. The van der Waals surface area contributed by atoms with Crippen LogP contribution in [0.2, 0.25) is 0 Å². The van der Waals surface area contributed by atoms with E-state index in [1.165, 1.54) is 6.07 Å². The van der Waals surface area contributed by atoms with Crippen molar-refractivity contribution in [3.05, 3.63) is 39.7 Å². The van der Waals surface area contributed by atoms with Crippen molar-refractivity contribution in [1.29, 1.82) is 0 Å². The molecule has 28 heavy (non-hydrogen) atoms. The molecule has 0 fully saturated rings. The Morgan fingerprint density at radius 2 is 1.89 bits per heavy atom. The van der Waals surface area contributed by atoms with Crippen LogP contribution in [0.15, 0.2) is 27.4 Å². The van der Waals surface area contributed by atoms with Gasteiger partial charge in [0.25, 0.3) is 0 Å². The quantitative estimate of drug-likeness (QED) is 0.474. The Balaban J connectivity index is 2.25. The summed E-state index contributed by atoms with van der Waals surface area (Å²) < 4.78 is 16.0. The van der Waals surface area contributed by atoms with Crippen LogP contribution in [0.3, 0.4) is 0 Å². The summed E-state index contributed by atoms with van der Waals surface area (Å²) in [6.07, 6.45) is 0.322. The lowest BCUT2D eigenvalue weighted by Gasteiger charge is -2.22. The molecule has 7 nitrogen and oxygen atoms in total. The molecule has 0 aliphatic rings. The zero-order valence-corrected chi connectivity index (χ0v) is 17.2. The third kappa shape index (κ3) is 5.12. The van der Waals surface area contributed by atoms with Crippen molar-refractivity contribution in [2.24, 2.45) is 0 Å². The molecule has 0 aliphatic heterocycles. The monoisotopic (exact) mass is 389 g/mol. The maximum absolute atomic E-state index is 12.5. The highest BCUT2D eigenvalue weighted by atomic mass is 16.6. The van der Waals surface area contributed by atoms with Gasteiger partial charge in [-0.25, -0.2) is 14.4 Å². The number of carbonyl (C=O) groups is 2. The minimum absolute atomic E-state index is 0.276. The fourth-order valence-corrected chi connectivity index (χ4v) is 2.77. The predicted molar refractivity (Wildman–Crippen MR) is 106 cm³/mol. The first-order valence-corrected chi connectivity index (χ1v) is 9.33. The molecule has 0 radical (unpaired) electrons. The van der Waals surface area contributed by atoms with Crippen LogP contribution in [0, 0.1) is 6.92 Å². The summed E-state index contributed by atoms with van der Waals surface area (Å²) in [4.78, 5) is 36.3. The second-order valence-electron chi connectivity index (χ2n) is 7.54. The number of benzene rings is 1. The summed E-state index contributed by atoms with van der Waals surface area (Å²) in [5, 5.41) is 3.32. The summed E-state index contributed by atoms with van der Waals surface area (Å²) in [7, 11) is 0. The van der Waals surface area contributed by atoms with Gasteiger partial charge in [0.1, 0.15) is 23.0 Å². The maximum Gasteiger partial charge on any atom is 0.408 e. The average Bonchev–Trinajstić information content (AvgIpc) is 2.60. The number of carbonyl (C=O) groups excluding carboxylic acids is 2. The van der Waals surface area contributed by atoms with Crippen LogP contribution in [-0.4, -0.2) is 23.7 Å². The molecule has 1 N–H and O–H groups in total. The molecule has 1 heterocycles. The van der Waals surface area contributed by atoms with Gasteiger partial charge in [0, 0.05) is 17.0 Å². The number of ether oxygens (including phenoxy) is 2. The van der Waals surface area contributed by atoms with E-state index in [1.807, 2.05) is 6.92 Å². The lowest BCUT2D eigenvalue weighted by molar-refractivity contribution is -0.136. The summed E-state index contributed by atoms with van der Waals surface area (Å²) in [6.45, 7) is 10.6. The van der Waals surface area contributed by atoms with E-state index in [1.54, 1.807) is 46.8 Å². The molecular weight excluding hydrogens is 362 g/mol. The predicted octanol–water partition coefficient (Wildman–Crippen LogP) is 3.87. The van der Waals surface area contributed by atoms with Crippen LogP contribution in [0.25, 0.3) is 11.0 Å². The van der Waals surface area contributed by atoms with Crippen molar-refractivity contribution in [3.63, 3.8) is 0 Å². The minimum atomic E-state index is -0.862. The lowest BCUT2D eigenvalue weighted by Crippen LogP contribution is -2.44. The van der Waals surface area contributed by atoms with Crippen LogP contribution < -0.4 is 15.7 Å². The van der Waals surface area contributed by atoms with Crippen molar-refractivity contribution < 1.29 is 23.5 Å². The van der Waals surface area contributed by atoms with Gasteiger partial charge >= 0.3 is 17.7 Å². The molecule has 1 aromatic carbocycles. The van der Waals surface area contributed by atoms with E-state index in [0.717, 1.165) is 10.9 Å². The summed E-state index contributed by atoms with van der Waals surface area (Å²) in [5.74, 6) is -0.344. The van der Waals surface area contributed by atoms with Crippen molar-refractivity contribution in [1.82, 2.24) is 5.32 Å². The summed E-state index contributed by atoms with van der Waals surface area (Å²) in [6, 6.07) is 4.02. The molecule has 1 amide bonds. The van der Waals surface area contributed by atoms with Gasteiger partial charge in [-0.2, -0.15) is 0 Å². The lowest BCUT2D eigenvalue weighted by atomic mass is 10.0. The number of fused-ring (bicyclic) bond motifs is 1. The van der Waals surface area contributed by atoms with Crippen molar-refractivity contribution in [2.75, 3.05) is 0 Å². The number of hydrogen-bond acceptors (Lipinski definition) is 6. The van der Waals surface area contributed by atoms with E-state index in [2.05, 4.69) is 5.32 Å². The average molecular weight is 389 g/mol. The number of amides is 1. The number of hydrogen-bond donors (Lipinski definition) is 1. The SMILES string of the molecule is CCc1cc(=O)oc2c(C)c(OC(=O)[C@@H](CC)NC(=O)OC(C)(C)C)ccc12. The van der Waals surface area contributed by atoms with Gasteiger partial charge in [-0.15, -0.1) is 0 Å². The van der Waals surface area contributed by atoms with E-state index in [9.17, 15) is 14.4 Å². The topological polar surface area (TPSA) is 94.8 Å². The summed E-state index contributed by atoms with van der Waals surface area (Å²) >= 11 is 0. The zero-order chi connectivity index (χ0) is 21.1. The molecule has 2 rings (SSSR count). The Kier molecular flexibility index (Phi) is 6.48. The van der Waals surface area contributed by atoms with E-state index < -0.39 is 29.3 Å². The number of esters is 1. The minimum Gasteiger partial charge on any atom is -0.444 e. The molecule has 0 spiro atoms. The Bertz CT molecular complexity index is 938. The van der Waals surface area contributed by atoms with E-state index >= 15 is 0 Å². The highest BCUT2D eigenvalue weighted by Crippen LogP contribution is 2.29. The molecule has 0 bridgehead atoms. The van der Waals surface area contributed by atoms with Crippen molar-refractivity contribution in [3.8, 4) is 5.75 Å². The van der Waals surface area contributed by atoms with Crippen LogP contribution >= 0.6 is 0 Å². The van der Waals surface area contributed by atoms with Gasteiger partial charge in [-0.3, -0.25) is 0 Å². The Hall–Kier alpha value is -2.83. The molecule has 0 aliphatic carbocycles. The first-order valence-electron chi connectivity index (χ1n) is 9.33. The number of rotatable bonds is 5. The highest BCUT2D eigenvalue weighted by molar-refractivity contribution is 5.87. The highest BCUT2D eigenvalue weighted by Gasteiger charge is 2.25. The van der Waals surface area contributed by atoms with Gasteiger partial charge in [0.15, 0.2) is 0 Å². The molecular formula is C21H27NO6. The van der Waals surface area contributed by atoms with Gasteiger partial charge < -0.3 is 19.2 Å². The normalized spacial score (nSPS) is 12.5. The molecule has 152 valence electrons. The molecule has 0 unspecified atom stereocenters. The van der Waals surface area contributed by atoms with Crippen LogP contribution in [0.5, 0.6) is 5.75 Å². The second kappa shape index (κ2) is 8.46.